The van der Waals surface area contributed by atoms with Crippen LogP contribution in [0.2, 0.25) is 0 Å². The third-order valence-electron chi connectivity index (χ3n) is 3.90. The van der Waals surface area contributed by atoms with E-state index in [-0.39, 0.29) is 0 Å². The lowest BCUT2D eigenvalue weighted by molar-refractivity contribution is 0.349. The Balaban J connectivity index is 2.06. The number of hydrogen-bond donors (Lipinski definition) is 2. The molecule has 5 heteroatoms. The third kappa shape index (κ3) is 3.48. The molecule has 2 N–H and O–H groups in total. The minimum atomic E-state index is -3.34. The fraction of sp³-hybridized carbons (Fsp3) is 0.571. The monoisotopic (exact) mass is 282 g/mol. The van der Waals surface area contributed by atoms with E-state index in [2.05, 4.69) is 17.0 Å². The highest BCUT2D eigenvalue weighted by Gasteiger charge is 2.21. The summed E-state index contributed by atoms with van der Waals surface area (Å²) in [7, 11) is -1.91. The van der Waals surface area contributed by atoms with Gasteiger partial charge in [0, 0.05) is 11.7 Å². The van der Waals surface area contributed by atoms with Crippen LogP contribution in [-0.2, 0) is 10.0 Å². The normalized spacial score (nSPS) is 24.1. The van der Waals surface area contributed by atoms with Crippen LogP contribution >= 0.6 is 0 Å². The van der Waals surface area contributed by atoms with Gasteiger partial charge in [0.05, 0.1) is 4.90 Å². The second-order valence-corrected chi connectivity index (χ2v) is 7.13. The summed E-state index contributed by atoms with van der Waals surface area (Å²) < 4.78 is 25.6. The standard InChI is InChI=1S/C14H22N2O2S/c1-11-5-3-4-6-14(11)16-12-7-9-13(10-8-12)19(17,18)15-2/h7-11,14-16H,3-6H2,1-2H3. The van der Waals surface area contributed by atoms with E-state index in [0.29, 0.717) is 16.9 Å². The summed E-state index contributed by atoms with van der Waals surface area (Å²) in [6, 6.07) is 7.46. The topological polar surface area (TPSA) is 58.2 Å². The molecule has 1 aromatic carbocycles. The van der Waals surface area contributed by atoms with Gasteiger partial charge in [-0.3, -0.25) is 0 Å². The maximum absolute atomic E-state index is 11.6. The van der Waals surface area contributed by atoms with Crippen LogP contribution in [0.5, 0.6) is 0 Å². The summed E-state index contributed by atoms with van der Waals surface area (Å²) in [6.45, 7) is 2.27. The molecule has 0 spiro atoms. The first-order valence-corrected chi connectivity index (χ1v) is 8.31. The van der Waals surface area contributed by atoms with E-state index in [0.717, 1.165) is 5.69 Å². The highest BCUT2D eigenvalue weighted by Crippen LogP contribution is 2.27. The quantitative estimate of drug-likeness (QED) is 0.892. The second kappa shape index (κ2) is 5.92. The van der Waals surface area contributed by atoms with Crippen LogP contribution in [0.25, 0.3) is 0 Å². The lowest BCUT2D eigenvalue weighted by Crippen LogP contribution is -2.30. The van der Waals surface area contributed by atoms with Crippen molar-refractivity contribution in [1.29, 1.82) is 0 Å². The first kappa shape index (κ1) is 14.3. The largest absolute Gasteiger partial charge is 0.382 e. The fourth-order valence-corrected chi connectivity index (χ4v) is 3.32. The van der Waals surface area contributed by atoms with E-state index < -0.39 is 10.0 Å². The highest BCUT2D eigenvalue weighted by molar-refractivity contribution is 7.89. The van der Waals surface area contributed by atoms with Crippen molar-refractivity contribution >= 4 is 15.7 Å². The number of sulfonamides is 1. The molecule has 1 aromatic rings. The van der Waals surface area contributed by atoms with E-state index in [1.807, 2.05) is 12.1 Å². The molecule has 19 heavy (non-hydrogen) atoms. The van der Waals surface area contributed by atoms with Gasteiger partial charge in [0.1, 0.15) is 0 Å². The minimum absolute atomic E-state index is 0.303. The molecule has 0 bridgehead atoms. The Labute approximate surface area is 115 Å². The Hall–Kier alpha value is -1.07. The summed E-state index contributed by atoms with van der Waals surface area (Å²) >= 11 is 0. The Morgan fingerprint density at radius 3 is 2.32 bits per heavy atom. The van der Waals surface area contributed by atoms with Crippen LogP contribution in [0.1, 0.15) is 32.6 Å². The van der Waals surface area contributed by atoms with Crippen LogP contribution in [0, 0.1) is 5.92 Å². The molecule has 1 saturated carbocycles. The molecule has 4 nitrogen and oxygen atoms in total. The van der Waals surface area contributed by atoms with Crippen molar-refractivity contribution in [3.63, 3.8) is 0 Å². The zero-order valence-electron chi connectivity index (χ0n) is 11.5. The lowest BCUT2D eigenvalue weighted by Gasteiger charge is -2.30. The third-order valence-corrected chi connectivity index (χ3v) is 5.33. The smallest absolute Gasteiger partial charge is 0.240 e. The molecule has 0 heterocycles. The molecular formula is C14H22N2O2S. The fourth-order valence-electron chi connectivity index (χ4n) is 2.59. The average Bonchev–Trinajstić information content (AvgIpc) is 2.42. The van der Waals surface area contributed by atoms with Crippen molar-refractivity contribution < 1.29 is 8.42 Å². The molecule has 0 aromatic heterocycles. The van der Waals surface area contributed by atoms with Crippen LogP contribution in [0.15, 0.2) is 29.2 Å². The first-order valence-electron chi connectivity index (χ1n) is 6.83. The average molecular weight is 282 g/mol. The predicted molar refractivity (Wildman–Crippen MR) is 77.7 cm³/mol. The van der Waals surface area contributed by atoms with Gasteiger partial charge in [-0.1, -0.05) is 19.8 Å². The molecule has 2 unspecified atom stereocenters. The zero-order valence-corrected chi connectivity index (χ0v) is 12.3. The number of nitrogens with one attached hydrogen (secondary N) is 2. The number of benzene rings is 1. The van der Waals surface area contributed by atoms with Gasteiger partial charge in [-0.15, -0.1) is 0 Å². The van der Waals surface area contributed by atoms with Crippen LogP contribution in [-0.4, -0.2) is 21.5 Å². The van der Waals surface area contributed by atoms with Crippen LogP contribution in [0.3, 0.4) is 0 Å². The molecule has 0 saturated heterocycles. The molecule has 2 rings (SSSR count). The van der Waals surface area contributed by atoms with E-state index in [4.69, 9.17) is 0 Å². The number of hydrogen-bond acceptors (Lipinski definition) is 3. The van der Waals surface area contributed by atoms with Gasteiger partial charge in [0.15, 0.2) is 0 Å². The van der Waals surface area contributed by atoms with E-state index in [9.17, 15) is 8.42 Å². The maximum Gasteiger partial charge on any atom is 0.240 e. The van der Waals surface area contributed by atoms with Crippen LogP contribution in [0.4, 0.5) is 5.69 Å². The van der Waals surface area contributed by atoms with Crippen molar-refractivity contribution in [1.82, 2.24) is 4.72 Å². The van der Waals surface area contributed by atoms with Gasteiger partial charge in [-0.2, -0.15) is 0 Å². The molecule has 106 valence electrons. The Morgan fingerprint density at radius 2 is 1.74 bits per heavy atom. The van der Waals surface area contributed by atoms with Crippen molar-refractivity contribution in [2.45, 2.75) is 43.5 Å². The lowest BCUT2D eigenvalue weighted by atomic mass is 9.86. The Bertz CT molecular complexity index is 511. The number of anilines is 1. The molecule has 2 atom stereocenters. The molecule has 1 aliphatic rings. The first-order chi connectivity index (χ1) is 9.03. The summed E-state index contributed by atoms with van der Waals surface area (Å²) in [4.78, 5) is 0.303. The Kier molecular flexibility index (Phi) is 4.47. The molecule has 0 aliphatic heterocycles. The summed E-state index contributed by atoms with van der Waals surface area (Å²) in [6.07, 6.45) is 5.05. The molecule has 0 radical (unpaired) electrons. The van der Waals surface area contributed by atoms with Crippen molar-refractivity contribution in [2.75, 3.05) is 12.4 Å². The van der Waals surface area contributed by atoms with E-state index in [1.165, 1.54) is 32.7 Å². The molecule has 0 amide bonds. The van der Waals surface area contributed by atoms with Gasteiger partial charge in [0.25, 0.3) is 0 Å². The van der Waals surface area contributed by atoms with E-state index in [1.54, 1.807) is 12.1 Å². The van der Waals surface area contributed by atoms with Gasteiger partial charge in [-0.05, 0) is 50.1 Å². The van der Waals surface area contributed by atoms with Gasteiger partial charge in [-0.25, -0.2) is 13.1 Å². The summed E-state index contributed by atoms with van der Waals surface area (Å²) in [5, 5.41) is 3.51. The molecule has 1 fully saturated rings. The van der Waals surface area contributed by atoms with E-state index >= 15 is 0 Å². The predicted octanol–water partition coefficient (Wildman–Crippen LogP) is 2.59. The van der Waals surface area contributed by atoms with Gasteiger partial charge < -0.3 is 5.32 Å². The van der Waals surface area contributed by atoms with Crippen molar-refractivity contribution in [3.05, 3.63) is 24.3 Å². The molecule has 1 aliphatic carbocycles. The second-order valence-electron chi connectivity index (χ2n) is 5.24. The minimum Gasteiger partial charge on any atom is -0.382 e. The van der Waals surface area contributed by atoms with Crippen molar-refractivity contribution in [3.8, 4) is 0 Å². The summed E-state index contributed by atoms with van der Waals surface area (Å²) in [5.41, 5.74) is 0.994. The highest BCUT2D eigenvalue weighted by atomic mass is 32.2. The molecular weight excluding hydrogens is 260 g/mol. The Morgan fingerprint density at radius 1 is 1.11 bits per heavy atom. The number of rotatable bonds is 4. The van der Waals surface area contributed by atoms with Crippen molar-refractivity contribution in [2.24, 2.45) is 5.92 Å². The van der Waals surface area contributed by atoms with Crippen LogP contribution < -0.4 is 10.0 Å². The summed E-state index contributed by atoms with van der Waals surface area (Å²) in [5.74, 6) is 0.675. The van der Waals surface area contributed by atoms with Gasteiger partial charge in [0.2, 0.25) is 10.0 Å². The maximum atomic E-state index is 11.6. The SMILES string of the molecule is CNS(=O)(=O)c1ccc(NC2CCCCC2C)cc1. The van der Waals surface area contributed by atoms with Gasteiger partial charge >= 0.3 is 0 Å². The zero-order chi connectivity index (χ0) is 13.9.